The van der Waals surface area contributed by atoms with Crippen LogP contribution in [-0.4, -0.2) is 39.5 Å². The first-order valence-electron chi connectivity index (χ1n) is 6.84. The first-order chi connectivity index (χ1) is 9.89. The van der Waals surface area contributed by atoms with Crippen LogP contribution in [0.5, 0.6) is 0 Å². The molecule has 1 saturated carbocycles. The Balaban J connectivity index is 2.16. The summed E-state index contributed by atoms with van der Waals surface area (Å²) in [6, 6.07) is 0. The number of thiophene rings is 1. The molecular weight excluding hydrogens is 312 g/mol. The lowest BCUT2D eigenvalue weighted by molar-refractivity contribution is 0.0607. The number of nitrogen functional groups attached to an aromatic ring is 1. The summed E-state index contributed by atoms with van der Waals surface area (Å²) in [7, 11) is -1.69. The zero-order valence-corrected chi connectivity index (χ0v) is 13.8. The first-order valence-corrected chi connectivity index (χ1v) is 9.48. The van der Waals surface area contributed by atoms with E-state index < -0.39 is 15.8 Å². The van der Waals surface area contributed by atoms with Crippen LogP contribution in [0.4, 0.5) is 10.7 Å². The fourth-order valence-corrected chi connectivity index (χ4v) is 3.93. The Bertz CT molecular complexity index is 633. The largest absolute Gasteiger partial charge is 0.465 e. The fraction of sp³-hybridized carbons (Fsp3) is 0.615. The van der Waals surface area contributed by atoms with Gasteiger partial charge in [0.2, 0.25) is 0 Å². The molecule has 1 aromatic heterocycles. The molecule has 8 heteroatoms. The van der Waals surface area contributed by atoms with E-state index in [0.717, 1.165) is 23.4 Å². The topological polar surface area (TPSA) is 98.5 Å². The van der Waals surface area contributed by atoms with Gasteiger partial charge in [-0.15, -0.1) is 11.3 Å². The number of esters is 1. The maximum atomic E-state index is 11.7. The van der Waals surface area contributed by atoms with Crippen LogP contribution >= 0.6 is 11.3 Å². The molecule has 1 aliphatic carbocycles. The maximum absolute atomic E-state index is 11.7. The van der Waals surface area contributed by atoms with Gasteiger partial charge in [0.25, 0.3) is 0 Å². The quantitative estimate of drug-likeness (QED) is 0.739. The zero-order chi connectivity index (χ0) is 15.6. The van der Waals surface area contributed by atoms with Crippen molar-refractivity contribution in [2.75, 3.05) is 36.2 Å². The number of carbonyl (C=O) groups excluding carboxylic acids is 1. The van der Waals surface area contributed by atoms with Gasteiger partial charge in [0.1, 0.15) is 4.88 Å². The lowest BCUT2D eigenvalue weighted by Gasteiger charge is -2.07. The highest BCUT2D eigenvalue weighted by Crippen LogP contribution is 2.50. The lowest BCUT2D eigenvalue weighted by Crippen LogP contribution is -2.17. The number of anilines is 2. The average molecular weight is 332 g/mol. The molecular formula is C13H20N2O4S2. The smallest absolute Gasteiger partial charge is 0.350 e. The van der Waals surface area contributed by atoms with Crippen LogP contribution in [0.25, 0.3) is 0 Å². The molecule has 0 spiro atoms. The number of nitrogens with two attached hydrogens (primary N) is 1. The molecule has 21 heavy (non-hydrogen) atoms. The second kappa shape index (κ2) is 6.23. The van der Waals surface area contributed by atoms with E-state index in [2.05, 4.69) is 5.32 Å². The monoisotopic (exact) mass is 332 g/mol. The molecule has 2 rings (SSSR count). The SMILES string of the molecule is CCS(=O)(=O)CCNc1sc(C(=O)OC)c(N)c1C1CC1. The Labute approximate surface area is 128 Å². The van der Waals surface area contributed by atoms with Gasteiger partial charge in [-0.25, -0.2) is 13.2 Å². The summed E-state index contributed by atoms with van der Waals surface area (Å²) in [4.78, 5) is 12.1. The number of sulfone groups is 1. The summed E-state index contributed by atoms with van der Waals surface area (Å²) in [5.41, 5.74) is 7.46. The van der Waals surface area contributed by atoms with Crippen molar-refractivity contribution < 1.29 is 17.9 Å². The van der Waals surface area contributed by atoms with Crippen LogP contribution in [0, 0.1) is 0 Å². The van der Waals surface area contributed by atoms with Crippen molar-refractivity contribution in [1.29, 1.82) is 0 Å². The highest BCUT2D eigenvalue weighted by atomic mass is 32.2. The van der Waals surface area contributed by atoms with E-state index in [0.29, 0.717) is 23.0 Å². The number of ether oxygens (including phenoxy) is 1. The predicted molar refractivity (Wildman–Crippen MR) is 84.9 cm³/mol. The summed E-state index contributed by atoms with van der Waals surface area (Å²) >= 11 is 1.24. The molecule has 1 fully saturated rings. The van der Waals surface area contributed by atoms with Gasteiger partial charge in [-0.1, -0.05) is 6.92 Å². The minimum absolute atomic E-state index is 0.0684. The van der Waals surface area contributed by atoms with E-state index in [1.807, 2.05) is 0 Å². The maximum Gasteiger partial charge on any atom is 0.350 e. The second-order valence-corrected chi connectivity index (χ2v) is 8.51. The minimum Gasteiger partial charge on any atom is -0.465 e. The number of hydrogen-bond donors (Lipinski definition) is 2. The van der Waals surface area contributed by atoms with Crippen LogP contribution in [0.15, 0.2) is 0 Å². The minimum atomic E-state index is -3.01. The first kappa shape index (κ1) is 16.1. The highest BCUT2D eigenvalue weighted by Gasteiger charge is 2.33. The van der Waals surface area contributed by atoms with E-state index >= 15 is 0 Å². The van der Waals surface area contributed by atoms with Gasteiger partial charge in [0, 0.05) is 17.9 Å². The van der Waals surface area contributed by atoms with Crippen molar-refractivity contribution in [3.8, 4) is 0 Å². The summed E-state index contributed by atoms with van der Waals surface area (Å²) in [6.45, 7) is 1.94. The van der Waals surface area contributed by atoms with Crippen LogP contribution < -0.4 is 11.1 Å². The number of carbonyl (C=O) groups is 1. The van der Waals surface area contributed by atoms with Gasteiger partial charge >= 0.3 is 5.97 Å². The molecule has 6 nitrogen and oxygen atoms in total. The number of nitrogens with one attached hydrogen (secondary N) is 1. The lowest BCUT2D eigenvalue weighted by atomic mass is 10.1. The van der Waals surface area contributed by atoms with Gasteiger partial charge < -0.3 is 15.8 Å². The number of rotatable bonds is 7. The zero-order valence-electron chi connectivity index (χ0n) is 12.1. The molecule has 0 aliphatic heterocycles. The molecule has 1 heterocycles. The summed E-state index contributed by atoms with van der Waals surface area (Å²) < 4.78 is 27.8. The number of methoxy groups -OCH3 is 1. The van der Waals surface area contributed by atoms with Gasteiger partial charge in [-0.2, -0.15) is 0 Å². The third-order valence-electron chi connectivity index (χ3n) is 3.48. The normalized spacial score (nSPS) is 15.0. The number of hydrogen-bond acceptors (Lipinski definition) is 7. The van der Waals surface area contributed by atoms with Crippen LogP contribution in [0.1, 0.15) is 40.9 Å². The third-order valence-corrected chi connectivity index (χ3v) is 6.34. The van der Waals surface area contributed by atoms with E-state index in [1.54, 1.807) is 6.92 Å². The van der Waals surface area contributed by atoms with Gasteiger partial charge in [0.05, 0.1) is 23.6 Å². The summed E-state index contributed by atoms with van der Waals surface area (Å²) in [6.07, 6.45) is 2.09. The Morgan fingerprint density at radius 3 is 2.67 bits per heavy atom. The van der Waals surface area contributed by atoms with Gasteiger partial charge in [0.15, 0.2) is 9.84 Å². The standard InChI is InChI=1S/C13H20N2O4S2/c1-3-21(17,18)7-6-15-12-9(8-4-5-8)10(14)11(20-12)13(16)19-2/h8,15H,3-7,14H2,1-2H3. The highest BCUT2D eigenvalue weighted by molar-refractivity contribution is 7.91. The molecule has 0 radical (unpaired) electrons. The fourth-order valence-electron chi connectivity index (χ4n) is 2.07. The second-order valence-electron chi connectivity index (χ2n) is 5.02. The Morgan fingerprint density at radius 2 is 2.14 bits per heavy atom. The van der Waals surface area contributed by atoms with E-state index in [4.69, 9.17) is 10.5 Å². The van der Waals surface area contributed by atoms with Crippen molar-refractivity contribution in [1.82, 2.24) is 0 Å². The molecule has 1 aromatic rings. The predicted octanol–water partition coefficient (Wildman–Crippen LogP) is 1.84. The molecule has 0 amide bonds. The molecule has 0 atom stereocenters. The van der Waals surface area contributed by atoms with E-state index in [9.17, 15) is 13.2 Å². The summed E-state index contributed by atoms with van der Waals surface area (Å²) in [5.74, 6) is 0.113. The Morgan fingerprint density at radius 1 is 1.48 bits per heavy atom. The molecule has 0 aromatic carbocycles. The molecule has 0 saturated heterocycles. The molecule has 118 valence electrons. The van der Waals surface area contributed by atoms with Crippen LogP contribution in [-0.2, 0) is 14.6 Å². The van der Waals surface area contributed by atoms with Crippen molar-refractivity contribution in [2.24, 2.45) is 0 Å². The molecule has 1 aliphatic rings. The van der Waals surface area contributed by atoms with E-state index in [1.165, 1.54) is 18.4 Å². The van der Waals surface area contributed by atoms with Crippen molar-refractivity contribution in [3.05, 3.63) is 10.4 Å². The Kier molecular flexibility index (Phi) is 4.77. The van der Waals surface area contributed by atoms with Crippen molar-refractivity contribution in [3.63, 3.8) is 0 Å². The van der Waals surface area contributed by atoms with Crippen molar-refractivity contribution >= 4 is 37.8 Å². The summed E-state index contributed by atoms with van der Waals surface area (Å²) in [5, 5.41) is 3.91. The molecule has 0 unspecified atom stereocenters. The Hall–Kier alpha value is -1.28. The van der Waals surface area contributed by atoms with Crippen LogP contribution in [0.3, 0.4) is 0 Å². The van der Waals surface area contributed by atoms with Gasteiger partial charge in [-0.05, 0) is 18.8 Å². The van der Waals surface area contributed by atoms with Crippen molar-refractivity contribution in [2.45, 2.75) is 25.7 Å². The third kappa shape index (κ3) is 3.68. The van der Waals surface area contributed by atoms with E-state index in [-0.39, 0.29) is 11.5 Å². The average Bonchev–Trinajstić information content (AvgIpc) is 3.23. The van der Waals surface area contributed by atoms with Crippen LogP contribution in [0.2, 0.25) is 0 Å². The molecule has 0 bridgehead atoms. The van der Waals surface area contributed by atoms with Gasteiger partial charge in [-0.3, -0.25) is 0 Å². The molecule has 3 N–H and O–H groups in total.